The first-order chi connectivity index (χ1) is 19.6. The van der Waals surface area contributed by atoms with Gasteiger partial charge in [0, 0.05) is 26.2 Å². The van der Waals surface area contributed by atoms with Crippen LogP contribution in [0.1, 0.15) is 168 Å². The van der Waals surface area contributed by atoms with Crippen molar-refractivity contribution in [2.75, 3.05) is 46.1 Å². The topological polar surface area (TPSA) is 62.2 Å². The number of unbranched alkanes of at least 4 members (excludes halogenated alkanes) is 18. The Bertz CT molecular complexity index is 433. The summed E-state index contributed by atoms with van der Waals surface area (Å²) in [5, 5.41) is 21.5. The highest BCUT2D eigenvalue weighted by Crippen LogP contribution is 2.14. The van der Waals surface area contributed by atoms with Gasteiger partial charge in [0.05, 0.1) is 32.0 Å². The van der Waals surface area contributed by atoms with Gasteiger partial charge >= 0.3 is 0 Å². The van der Waals surface area contributed by atoms with Gasteiger partial charge in [0.15, 0.2) is 0 Å². The van der Waals surface area contributed by atoms with Crippen molar-refractivity contribution in [2.45, 2.75) is 181 Å². The number of aliphatic hydroxyl groups is 2. The smallest absolute Gasteiger partial charge is 0.0701 e. The summed E-state index contributed by atoms with van der Waals surface area (Å²) >= 11 is 0. The fourth-order valence-electron chi connectivity index (χ4n) is 5.43. The predicted octanol–water partition coefficient (Wildman–Crippen LogP) is 9.08. The van der Waals surface area contributed by atoms with Crippen molar-refractivity contribution in [3.63, 3.8) is 0 Å². The maximum Gasteiger partial charge on any atom is 0.0701 e. The number of rotatable bonds is 34. The molecule has 5 nitrogen and oxygen atoms in total. The number of nitrogens with zero attached hydrogens (tertiary/aromatic N) is 1. The average Bonchev–Trinajstić information content (AvgIpc) is 2.94. The van der Waals surface area contributed by atoms with Crippen molar-refractivity contribution in [3.8, 4) is 0 Å². The molecule has 0 amide bonds. The van der Waals surface area contributed by atoms with Crippen molar-refractivity contribution in [1.29, 1.82) is 0 Å². The van der Waals surface area contributed by atoms with Crippen LogP contribution >= 0.6 is 0 Å². The third kappa shape index (κ3) is 30.8. The molecule has 0 aromatic carbocycles. The molecule has 0 bridgehead atoms. The Morgan fingerprint density at radius 3 is 1.15 bits per heavy atom. The van der Waals surface area contributed by atoms with E-state index in [9.17, 15) is 10.2 Å². The molecule has 5 heteroatoms. The summed E-state index contributed by atoms with van der Waals surface area (Å²) in [6.45, 7) is 11.3. The van der Waals surface area contributed by atoms with Gasteiger partial charge in [0.1, 0.15) is 0 Å². The molecule has 0 aromatic heterocycles. The SMILES string of the molecule is CCCCCCCCCCCCC(O)CN(CCOCCOCCC)CC(O)CCCCCCCCCCCC. The van der Waals surface area contributed by atoms with E-state index >= 15 is 0 Å². The normalized spacial score (nSPS) is 13.3. The zero-order valence-electron chi connectivity index (χ0n) is 27.5. The highest BCUT2D eigenvalue weighted by molar-refractivity contribution is 4.70. The Hall–Kier alpha value is -0.200. The van der Waals surface area contributed by atoms with Gasteiger partial charge in [0.2, 0.25) is 0 Å². The standard InChI is InChI=1S/C35H73NO4/c1-4-7-9-11-13-15-17-19-21-23-25-34(37)32-36(27-29-40-31-30-39-28-6-3)33-35(38)26-24-22-20-18-16-14-12-10-8-5-2/h34-35,37-38H,4-33H2,1-3H3. The molecule has 0 saturated carbocycles. The van der Waals surface area contributed by atoms with E-state index in [1.807, 2.05) is 0 Å². The number of ether oxygens (including phenoxy) is 2. The first kappa shape index (κ1) is 39.8. The van der Waals surface area contributed by atoms with Crippen LogP contribution in [0.15, 0.2) is 0 Å². The maximum absolute atomic E-state index is 10.7. The Balaban J connectivity index is 4.13. The van der Waals surface area contributed by atoms with Gasteiger partial charge in [-0.05, 0) is 19.3 Å². The van der Waals surface area contributed by atoms with Crippen LogP contribution in [0, 0.1) is 0 Å². The lowest BCUT2D eigenvalue weighted by molar-refractivity contribution is 0.0185. The largest absolute Gasteiger partial charge is 0.392 e. The van der Waals surface area contributed by atoms with E-state index in [0.29, 0.717) is 32.9 Å². The van der Waals surface area contributed by atoms with Crippen molar-refractivity contribution >= 4 is 0 Å². The minimum atomic E-state index is -0.327. The first-order valence-corrected chi connectivity index (χ1v) is 17.9. The molecule has 0 saturated heterocycles. The van der Waals surface area contributed by atoms with Crippen LogP contribution in [0.5, 0.6) is 0 Å². The summed E-state index contributed by atoms with van der Waals surface area (Å²) in [5.74, 6) is 0. The fraction of sp³-hybridized carbons (Fsp3) is 1.00. The third-order valence-electron chi connectivity index (χ3n) is 7.99. The molecule has 0 fully saturated rings. The van der Waals surface area contributed by atoms with Crippen LogP contribution in [-0.4, -0.2) is 73.4 Å². The number of aliphatic hydroxyl groups excluding tert-OH is 2. The zero-order valence-corrected chi connectivity index (χ0v) is 27.5. The summed E-state index contributed by atoms with van der Waals surface area (Å²) in [5.41, 5.74) is 0. The fourth-order valence-corrected chi connectivity index (χ4v) is 5.43. The molecule has 2 atom stereocenters. The molecule has 0 aliphatic rings. The molecule has 2 N–H and O–H groups in total. The summed E-state index contributed by atoms with van der Waals surface area (Å²) in [6, 6.07) is 0. The Morgan fingerprint density at radius 2 is 0.775 bits per heavy atom. The van der Waals surface area contributed by atoms with E-state index in [1.54, 1.807) is 0 Å². The van der Waals surface area contributed by atoms with Crippen molar-refractivity contribution in [3.05, 3.63) is 0 Å². The van der Waals surface area contributed by atoms with Crippen LogP contribution in [0.25, 0.3) is 0 Å². The Morgan fingerprint density at radius 1 is 0.425 bits per heavy atom. The maximum atomic E-state index is 10.7. The van der Waals surface area contributed by atoms with Gasteiger partial charge < -0.3 is 19.7 Å². The lowest BCUT2D eigenvalue weighted by Crippen LogP contribution is -2.40. The van der Waals surface area contributed by atoms with E-state index in [1.165, 1.54) is 116 Å². The van der Waals surface area contributed by atoms with Gasteiger partial charge in [0.25, 0.3) is 0 Å². The highest BCUT2D eigenvalue weighted by Gasteiger charge is 2.16. The molecule has 0 aliphatic carbocycles. The van der Waals surface area contributed by atoms with Crippen molar-refractivity contribution in [1.82, 2.24) is 4.90 Å². The minimum absolute atomic E-state index is 0.327. The van der Waals surface area contributed by atoms with Crippen LogP contribution in [-0.2, 0) is 9.47 Å². The molecule has 0 heterocycles. The Labute approximate surface area is 251 Å². The minimum Gasteiger partial charge on any atom is -0.392 e. The number of hydrogen-bond acceptors (Lipinski definition) is 5. The van der Waals surface area contributed by atoms with E-state index < -0.39 is 0 Å². The molecule has 2 unspecified atom stereocenters. The van der Waals surface area contributed by atoms with E-state index in [2.05, 4.69) is 25.7 Å². The predicted molar refractivity (Wildman–Crippen MR) is 173 cm³/mol. The Kier molecular flexibility index (Phi) is 33.1. The molecular weight excluding hydrogens is 498 g/mol. The lowest BCUT2D eigenvalue weighted by Gasteiger charge is -2.27. The quantitative estimate of drug-likeness (QED) is 0.0754. The molecule has 40 heavy (non-hydrogen) atoms. The van der Waals surface area contributed by atoms with Crippen LogP contribution in [0.2, 0.25) is 0 Å². The average molecular weight is 572 g/mol. The van der Waals surface area contributed by atoms with Crippen molar-refractivity contribution in [2.24, 2.45) is 0 Å². The zero-order chi connectivity index (χ0) is 29.4. The van der Waals surface area contributed by atoms with E-state index in [4.69, 9.17) is 9.47 Å². The first-order valence-electron chi connectivity index (χ1n) is 17.9. The van der Waals surface area contributed by atoms with Crippen LogP contribution in [0.3, 0.4) is 0 Å². The molecule has 0 rings (SSSR count). The number of hydrogen-bond donors (Lipinski definition) is 2. The second kappa shape index (κ2) is 33.3. The van der Waals surface area contributed by atoms with Gasteiger partial charge in [-0.1, -0.05) is 149 Å². The van der Waals surface area contributed by atoms with Crippen molar-refractivity contribution < 1.29 is 19.7 Å². The van der Waals surface area contributed by atoms with Gasteiger partial charge in [-0.25, -0.2) is 0 Å². The second-order valence-corrected chi connectivity index (χ2v) is 12.2. The summed E-state index contributed by atoms with van der Waals surface area (Å²) < 4.78 is 11.3. The summed E-state index contributed by atoms with van der Waals surface area (Å²) in [6.07, 6.45) is 28.4. The van der Waals surface area contributed by atoms with Gasteiger partial charge in [-0.3, -0.25) is 4.90 Å². The van der Waals surface area contributed by atoms with Crippen LogP contribution in [0.4, 0.5) is 0 Å². The molecule has 242 valence electrons. The molecule has 0 aliphatic heterocycles. The highest BCUT2D eigenvalue weighted by atomic mass is 16.5. The monoisotopic (exact) mass is 572 g/mol. The van der Waals surface area contributed by atoms with Crippen LogP contribution < -0.4 is 0 Å². The van der Waals surface area contributed by atoms with E-state index in [0.717, 1.165) is 45.3 Å². The summed E-state index contributed by atoms with van der Waals surface area (Å²) in [4.78, 5) is 2.22. The van der Waals surface area contributed by atoms with E-state index in [-0.39, 0.29) is 12.2 Å². The molecule has 0 radical (unpaired) electrons. The third-order valence-corrected chi connectivity index (χ3v) is 7.99. The molecular formula is C35H73NO4. The van der Waals surface area contributed by atoms with Gasteiger partial charge in [-0.2, -0.15) is 0 Å². The molecule has 0 aromatic rings. The second-order valence-electron chi connectivity index (χ2n) is 12.2. The van der Waals surface area contributed by atoms with Gasteiger partial charge in [-0.15, -0.1) is 0 Å². The molecule has 0 spiro atoms. The lowest BCUT2D eigenvalue weighted by atomic mass is 10.0. The summed E-state index contributed by atoms with van der Waals surface area (Å²) in [7, 11) is 0.